The number of rotatable bonds is 49. The van der Waals surface area contributed by atoms with E-state index in [0.29, 0.717) is 6.42 Å². The Morgan fingerprint density at radius 1 is 0.456 bits per heavy atom. The molecule has 0 aromatic carbocycles. The van der Waals surface area contributed by atoms with E-state index >= 15 is 0 Å². The summed E-state index contributed by atoms with van der Waals surface area (Å²) >= 11 is 0. The van der Waals surface area contributed by atoms with Crippen molar-refractivity contribution in [3.8, 4) is 0 Å². The molecular weight excluding hydrogens is 870 g/mol. The Morgan fingerprint density at radius 3 is 1.21 bits per heavy atom. The predicted molar refractivity (Wildman–Crippen MR) is 288 cm³/mol. The number of carbonyl (C=O) groups is 2. The van der Waals surface area contributed by atoms with E-state index in [0.717, 1.165) is 96.3 Å². The van der Waals surface area contributed by atoms with Gasteiger partial charge in [-0.3, -0.25) is 18.6 Å². The third-order valence-corrected chi connectivity index (χ3v) is 11.9. The van der Waals surface area contributed by atoms with Crippen molar-refractivity contribution in [3.05, 3.63) is 109 Å². The van der Waals surface area contributed by atoms with Crippen molar-refractivity contribution >= 4 is 19.8 Å². The van der Waals surface area contributed by atoms with Crippen LogP contribution in [0.5, 0.6) is 0 Å². The molecule has 2 atom stereocenters. The average molecular weight is 968 g/mol. The summed E-state index contributed by atoms with van der Waals surface area (Å²) in [5, 5.41) is 0. The molecule has 0 fully saturated rings. The van der Waals surface area contributed by atoms with Crippen molar-refractivity contribution in [3.63, 3.8) is 0 Å². The Hall–Kier alpha value is -3.33. The molecule has 9 nitrogen and oxygen atoms in total. The van der Waals surface area contributed by atoms with Crippen LogP contribution in [0.2, 0.25) is 0 Å². The van der Waals surface area contributed by atoms with Gasteiger partial charge in [-0.1, -0.05) is 226 Å². The predicted octanol–water partition coefficient (Wildman–Crippen LogP) is 16.7. The fraction of sp³-hybridized carbons (Fsp3) is 0.655. The second-order valence-corrected chi connectivity index (χ2v) is 18.8. The molecule has 0 heterocycles. The van der Waals surface area contributed by atoms with Crippen LogP contribution in [0.25, 0.3) is 0 Å². The van der Waals surface area contributed by atoms with E-state index in [4.69, 9.17) is 24.3 Å². The third-order valence-electron chi connectivity index (χ3n) is 10.9. The molecular formula is C58H98NO8P. The lowest BCUT2D eigenvalue weighted by atomic mass is 10.0. The van der Waals surface area contributed by atoms with E-state index in [2.05, 4.69) is 123 Å². The fourth-order valence-electron chi connectivity index (χ4n) is 6.98. The Morgan fingerprint density at radius 2 is 0.809 bits per heavy atom. The van der Waals surface area contributed by atoms with E-state index in [-0.39, 0.29) is 32.6 Å². The number of hydrogen-bond acceptors (Lipinski definition) is 8. The molecule has 10 heteroatoms. The topological polar surface area (TPSA) is 134 Å². The fourth-order valence-corrected chi connectivity index (χ4v) is 7.75. The van der Waals surface area contributed by atoms with Crippen LogP contribution in [-0.4, -0.2) is 49.3 Å². The van der Waals surface area contributed by atoms with Crippen LogP contribution in [0.1, 0.15) is 213 Å². The summed E-state index contributed by atoms with van der Waals surface area (Å²) in [5.41, 5.74) is 5.37. The zero-order valence-electron chi connectivity index (χ0n) is 43.0. The first kappa shape index (κ1) is 64.7. The molecule has 0 spiro atoms. The number of phosphoric ester groups is 1. The van der Waals surface area contributed by atoms with Crippen LogP contribution in [0, 0.1) is 0 Å². The maximum absolute atomic E-state index is 12.7. The molecule has 0 radical (unpaired) electrons. The number of unbranched alkanes of at least 4 members (excludes halogenated alkanes) is 18. The van der Waals surface area contributed by atoms with Gasteiger partial charge >= 0.3 is 19.8 Å². The minimum atomic E-state index is -4.40. The van der Waals surface area contributed by atoms with Gasteiger partial charge in [0.1, 0.15) is 6.61 Å². The minimum Gasteiger partial charge on any atom is -0.462 e. The average Bonchev–Trinajstić information content (AvgIpc) is 3.33. The molecule has 0 aromatic heterocycles. The van der Waals surface area contributed by atoms with Crippen LogP contribution in [0.4, 0.5) is 0 Å². The van der Waals surface area contributed by atoms with Crippen molar-refractivity contribution < 1.29 is 37.6 Å². The van der Waals surface area contributed by atoms with Crippen molar-refractivity contribution in [1.82, 2.24) is 0 Å². The molecule has 3 N–H and O–H groups in total. The van der Waals surface area contributed by atoms with Gasteiger partial charge in [0.15, 0.2) is 6.10 Å². The van der Waals surface area contributed by atoms with Gasteiger partial charge in [-0.2, -0.15) is 0 Å². The first-order chi connectivity index (χ1) is 33.3. The van der Waals surface area contributed by atoms with Gasteiger partial charge < -0.3 is 20.1 Å². The SMILES string of the molecule is CC/C=C\C/C=C\C/C=C\C/C=C\C/C=C\C/C=C\C/C=C\C/C=C\C/C=C\CCCCCC(=O)OC(COC(=O)CCCCCCCCCCCCCCCCCC)COP(=O)(O)OCCN. The third kappa shape index (κ3) is 52.0. The van der Waals surface area contributed by atoms with Gasteiger partial charge in [-0.25, -0.2) is 4.57 Å². The number of esters is 2. The molecule has 68 heavy (non-hydrogen) atoms. The highest BCUT2D eigenvalue weighted by atomic mass is 31.2. The van der Waals surface area contributed by atoms with E-state index < -0.39 is 32.5 Å². The van der Waals surface area contributed by atoms with Gasteiger partial charge in [0.2, 0.25) is 0 Å². The van der Waals surface area contributed by atoms with Gasteiger partial charge in [-0.15, -0.1) is 0 Å². The summed E-state index contributed by atoms with van der Waals surface area (Å²) in [7, 11) is -4.40. The molecule has 0 rings (SSSR count). The van der Waals surface area contributed by atoms with Crippen molar-refractivity contribution in [1.29, 1.82) is 0 Å². The van der Waals surface area contributed by atoms with E-state index in [1.54, 1.807) is 0 Å². The highest BCUT2D eigenvalue weighted by molar-refractivity contribution is 7.47. The molecule has 0 saturated heterocycles. The van der Waals surface area contributed by atoms with Gasteiger partial charge in [0.05, 0.1) is 13.2 Å². The van der Waals surface area contributed by atoms with Crippen molar-refractivity contribution in [2.45, 2.75) is 219 Å². The standard InChI is InChI=1S/C58H98NO8P/c1-3-5-7-9-11-13-15-17-19-21-22-23-24-25-26-27-28-29-30-31-32-33-34-35-37-39-41-43-45-47-49-51-58(61)67-56(55-66-68(62,63)65-53-52-59)54-64-57(60)50-48-46-44-42-40-38-36-20-18-16-14-12-10-8-6-4-2/h5,7,11,13,17,19,22-23,25-26,28-29,31-32,34-35,39,41,56H,3-4,6,8-10,12,14-16,18,20-21,24,27,30,33,36-38,40,42-55,59H2,1-2H3,(H,62,63)/b7-5-,13-11-,19-17-,23-22-,26-25-,29-28-,32-31-,35-34-,41-39-. The van der Waals surface area contributed by atoms with Crippen LogP contribution in [0.3, 0.4) is 0 Å². The van der Waals surface area contributed by atoms with Crippen LogP contribution in [-0.2, 0) is 32.7 Å². The van der Waals surface area contributed by atoms with Gasteiger partial charge in [-0.05, 0) is 83.5 Å². The Kier molecular flexibility index (Phi) is 50.4. The lowest BCUT2D eigenvalue weighted by molar-refractivity contribution is -0.161. The number of phosphoric acid groups is 1. The Balaban J connectivity index is 4.13. The lowest BCUT2D eigenvalue weighted by Gasteiger charge is -2.19. The molecule has 0 bridgehead atoms. The van der Waals surface area contributed by atoms with E-state index in [1.807, 2.05) is 0 Å². The minimum absolute atomic E-state index is 0.0429. The van der Waals surface area contributed by atoms with Crippen molar-refractivity contribution in [2.75, 3.05) is 26.4 Å². The lowest BCUT2D eigenvalue weighted by Crippen LogP contribution is -2.29. The summed E-state index contributed by atoms with van der Waals surface area (Å²) in [5.74, 6) is -0.869. The summed E-state index contributed by atoms with van der Waals surface area (Å²) in [6, 6.07) is 0. The monoisotopic (exact) mass is 968 g/mol. The van der Waals surface area contributed by atoms with Crippen LogP contribution in [0.15, 0.2) is 109 Å². The maximum atomic E-state index is 12.7. The summed E-state index contributed by atoms with van der Waals surface area (Å²) < 4.78 is 32.9. The summed E-state index contributed by atoms with van der Waals surface area (Å²) in [6.45, 7) is 3.58. The first-order valence-corrected chi connectivity index (χ1v) is 28.4. The van der Waals surface area contributed by atoms with E-state index in [9.17, 15) is 19.0 Å². The molecule has 388 valence electrons. The summed E-state index contributed by atoms with van der Waals surface area (Å²) in [4.78, 5) is 35.1. The molecule has 0 aliphatic rings. The largest absolute Gasteiger partial charge is 0.472 e. The van der Waals surface area contributed by atoms with Gasteiger partial charge in [0, 0.05) is 19.4 Å². The molecule has 0 saturated carbocycles. The summed E-state index contributed by atoms with van der Waals surface area (Å²) in [6.07, 6.45) is 71.3. The zero-order chi connectivity index (χ0) is 49.5. The zero-order valence-corrected chi connectivity index (χ0v) is 43.9. The molecule has 0 aromatic rings. The second-order valence-electron chi connectivity index (χ2n) is 17.4. The Bertz CT molecular complexity index is 1480. The molecule has 0 aliphatic heterocycles. The van der Waals surface area contributed by atoms with E-state index in [1.165, 1.54) is 83.5 Å². The normalized spacial score (nSPS) is 14.0. The highest BCUT2D eigenvalue weighted by Gasteiger charge is 2.26. The number of carbonyl (C=O) groups excluding carboxylic acids is 2. The number of ether oxygens (including phenoxy) is 2. The number of allylic oxidation sites excluding steroid dienone is 18. The smallest absolute Gasteiger partial charge is 0.462 e. The molecule has 2 unspecified atom stereocenters. The first-order valence-electron chi connectivity index (χ1n) is 26.9. The van der Waals surface area contributed by atoms with Crippen molar-refractivity contribution in [2.24, 2.45) is 5.73 Å². The van der Waals surface area contributed by atoms with Crippen LogP contribution < -0.4 is 5.73 Å². The maximum Gasteiger partial charge on any atom is 0.472 e. The number of nitrogens with two attached hydrogens (primary N) is 1. The molecule has 0 amide bonds. The quantitative estimate of drug-likeness (QED) is 0.0264. The second kappa shape index (κ2) is 53.0. The highest BCUT2D eigenvalue weighted by Crippen LogP contribution is 2.43. The molecule has 0 aliphatic carbocycles. The van der Waals surface area contributed by atoms with Gasteiger partial charge in [0.25, 0.3) is 0 Å². The number of hydrogen-bond donors (Lipinski definition) is 2. The Labute approximate surface area is 416 Å². The van der Waals surface area contributed by atoms with Crippen LogP contribution >= 0.6 is 7.82 Å².